The minimum absolute atomic E-state index is 0.00285. The van der Waals surface area contributed by atoms with Gasteiger partial charge in [0, 0.05) is 38.1 Å². The summed E-state index contributed by atoms with van der Waals surface area (Å²) in [6.07, 6.45) is 7.08. The monoisotopic (exact) mass is 528 g/mol. The number of hydrazine groups is 1. The van der Waals surface area contributed by atoms with E-state index in [1.54, 1.807) is 0 Å². The number of carbonyl (C=O) groups is 5. The van der Waals surface area contributed by atoms with Gasteiger partial charge in [-0.15, -0.1) is 11.8 Å². The standard InChI is InChI=1S/C23H40N6O6S/c24-29-18(31)10-4-2-7-13-25-17(30)9-3-1-8-14-26-21(34)23(12-6-5-11-19(32)33)20-16(15-36-23)27-22(35)28-20/h16,20H,1-15,24H2,(H,25,30)(H,26,34)(H,29,31)(H,32,33)(H2,27,28,35)/t16-,20-,23-/m0/s1. The van der Waals surface area contributed by atoms with Crippen LogP contribution in [0.5, 0.6) is 0 Å². The van der Waals surface area contributed by atoms with Crippen LogP contribution < -0.4 is 32.5 Å². The number of nitrogens with one attached hydrogen (secondary N) is 5. The maximum atomic E-state index is 13.2. The van der Waals surface area contributed by atoms with E-state index >= 15 is 0 Å². The molecule has 13 heteroatoms. The maximum absolute atomic E-state index is 13.2. The Morgan fingerprint density at radius 2 is 1.53 bits per heavy atom. The molecule has 3 atom stereocenters. The fraction of sp³-hybridized carbons (Fsp3) is 0.783. The third kappa shape index (κ3) is 9.49. The molecule has 0 aromatic rings. The van der Waals surface area contributed by atoms with Crippen LogP contribution in [0.3, 0.4) is 0 Å². The SMILES string of the molecule is NNC(=O)CCCCCNC(=O)CCCCCNC(=O)[C@@]1(CCCCC(=O)O)SC[C@@H]2NC(=O)N[C@@H]21. The summed E-state index contributed by atoms with van der Waals surface area (Å²) in [5, 5.41) is 20.5. The molecular formula is C23H40N6O6S. The van der Waals surface area contributed by atoms with Crippen LogP contribution in [0.4, 0.5) is 4.79 Å². The van der Waals surface area contributed by atoms with E-state index in [9.17, 15) is 24.0 Å². The van der Waals surface area contributed by atoms with Gasteiger partial charge in [-0.3, -0.25) is 24.6 Å². The Morgan fingerprint density at radius 1 is 0.889 bits per heavy atom. The van der Waals surface area contributed by atoms with E-state index in [-0.39, 0.29) is 42.3 Å². The normalized spacial score (nSPS) is 22.3. The molecule has 0 spiro atoms. The Hall–Kier alpha value is -2.54. The fourth-order valence-electron chi connectivity index (χ4n) is 4.57. The molecule has 2 aliphatic rings. The van der Waals surface area contributed by atoms with Crippen LogP contribution in [-0.4, -0.2) is 70.5 Å². The number of carboxylic acid groups (broad SMARTS) is 1. The van der Waals surface area contributed by atoms with E-state index in [0.29, 0.717) is 50.9 Å². The predicted octanol–water partition coefficient (Wildman–Crippen LogP) is 0.510. The molecule has 0 aromatic carbocycles. The maximum Gasteiger partial charge on any atom is 0.315 e. The number of unbranched alkanes of at least 4 members (excludes halogenated alkanes) is 5. The van der Waals surface area contributed by atoms with Crippen molar-refractivity contribution in [3.05, 3.63) is 0 Å². The average molecular weight is 529 g/mol. The van der Waals surface area contributed by atoms with Crippen LogP contribution in [0.2, 0.25) is 0 Å². The average Bonchev–Trinajstić information content (AvgIpc) is 3.38. The second kappa shape index (κ2) is 15.5. The van der Waals surface area contributed by atoms with Gasteiger partial charge < -0.3 is 26.4 Å². The number of hydrogen-bond donors (Lipinski definition) is 7. The molecular weight excluding hydrogens is 488 g/mol. The Balaban J connectivity index is 1.63. The highest BCUT2D eigenvalue weighted by Gasteiger charge is 2.57. The van der Waals surface area contributed by atoms with Gasteiger partial charge >= 0.3 is 12.0 Å². The van der Waals surface area contributed by atoms with E-state index < -0.39 is 10.7 Å². The molecule has 2 rings (SSSR count). The van der Waals surface area contributed by atoms with Gasteiger partial charge in [-0.05, 0) is 38.5 Å². The largest absolute Gasteiger partial charge is 0.481 e. The Kier molecular flexibility index (Phi) is 12.8. The zero-order chi connectivity index (χ0) is 26.4. The van der Waals surface area contributed by atoms with E-state index in [1.807, 2.05) is 0 Å². The summed E-state index contributed by atoms with van der Waals surface area (Å²) in [4.78, 5) is 58.9. The molecule has 2 heterocycles. The van der Waals surface area contributed by atoms with Crippen LogP contribution in [0.25, 0.3) is 0 Å². The number of carboxylic acids is 1. The van der Waals surface area contributed by atoms with Crippen molar-refractivity contribution < 1.29 is 29.1 Å². The van der Waals surface area contributed by atoms with Crippen molar-refractivity contribution in [1.29, 1.82) is 0 Å². The van der Waals surface area contributed by atoms with Crippen molar-refractivity contribution in [3.8, 4) is 0 Å². The highest BCUT2D eigenvalue weighted by Crippen LogP contribution is 2.44. The van der Waals surface area contributed by atoms with Gasteiger partial charge in [-0.1, -0.05) is 19.3 Å². The molecule has 0 aromatic heterocycles. The van der Waals surface area contributed by atoms with Crippen molar-refractivity contribution in [2.24, 2.45) is 5.84 Å². The summed E-state index contributed by atoms with van der Waals surface area (Å²) in [5.74, 6) is 4.48. The number of urea groups is 1. The van der Waals surface area contributed by atoms with Crippen molar-refractivity contribution >= 4 is 41.5 Å². The molecule has 5 amide bonds. The Labute approximate surface area is 216 Å². The summed E-state index contributed by atoms with van der Waals surface area (Å²) in [7, 11) is 0. The molecule has 8 N–H and O–H groups in total. The highest BCUT2D eigenvalue weighted by molar-refractivity contribution is 8.01. The lowest BCUT2D eigenvalue weighted by atomic mass is 9.88. The van der Waals surface area contributed by atoms with Gasteiger partial charge in [-0.25, -0.2) is 10.6 Å². The van der Waals surface area contributed by atoms with Crippen molar-refractivity contribution in [2.75, 3.05) is 18.8 Å². The second-order valence-electron chi connectivity index (χ2n) is 9.30. The molecule has 0 saturated carbocycles. The lowest BCUT2D eigenvalue weighted by Gasteiger charge is -2.32. The number of amides is 5. The van der Waals surface area contributed by atoms with E-state index in [2.05, 4.69) is 26.7 Å². The highest BCUT2D eigenvalue weighted by atomic mass is 32.2. The lowest BCUT2D eigenvalue weighted by Crippen LogP contribution is -2.56. The number of rotatable bonds is 18. The number of aliphatic carboxylic acids is 1. The lowest BCUT2D eigenvalue weighted by molar-refractivity contribution is -0.137. The van der Waals surface area contributed by atoms with Gasteiger partial charge in [-0.2, -0.15) is 0 Å². The van der Waals surface area contributed by atoms with Crippen LogP contribution in [0.1, 0.15) is 77.0 Å². The molecule has 36 heavy (non-hydrogen) atoms. The van der Waals surface area contributed by atoms with Crippen molar-refractivity contribution in [1.82, 2.24) is 26.7 Å². The van der Waals surface area contributed by atoms with E-state index in [0.717, 1.165) is 38.5 Å². The number of nitrogens with two attached hydrogens (primary N) is 1. The summed E-state index contributed by atoms with van der Waals surface area (Å²) in [6, 6.07) is -0.705. The number of hydrogen-bond acceptors (Lipinski definition) is 7. The third-order valence-electron chi connectivity index (χ3n) is 6.53. The predicted molar refractivity (Wildman–Crippen MR) is 136 cm³/mol. The molecule has 0 aliphatic carbocycles. The molecule has 0 radical (unpaired) electrons. The summed E-state index contributed by atoms with van der Waals surface area (Å²) in [5.41, 5.74) is 2.09. The number of fused-ring (bicyclic) bond motifs is 1. The van der Waals surface area contributed by atoms with Crippen molar-refractivity contribution in [2.45, 2.75) is 93.9 Å². The van der Waals surface area contributed by atoms with Gasteiger partial charge in [0.2, 0.25) is 17.7 Å². The molecule has 0 bridgehead atoms. The van der Waals surface area contributed by atoms with Gasteiger partial charge in [0.1, 0.15) is 4.75 Å². The molecule has 2 saturated heterocycles. The first-order chi connectivity index (χ1) is 17.3. The minimum atomic E-state index is -0.858. The first kappa shape index (κ1) is 29.7. The van der Waals surface area contributed by atoms with Crippen molar-refractivity contribution in [3.63, 3.8) is 0 Å². The molecule has 2 fully saturated rings. The van der Waals surface area contributed by atoms with Crippen LogP contribution in [0.15, 0.2) is 0 Å². The van der Waals surface area contributed by atoms with Gasteiger partial charge in [0.15, 0.2) is 0 Å². The van der Waals surface area contributed by atoms with E-state index in [4.69, 9.17) is 10.9 Å². The molecule has 12 nitrogen and oxygen atoms in total. The Morgan fingerprint density at radius 3 is 2.19 bits per heavy atom. The topological polar surface area (TPSA) is 192 Å². The quantitative estimate of drug-likeness (QED) is 0.0440. The summed E-state index contributed by atoms with van der Waals surface area (Å²) in [6.45, 7) is 1.06. The first-order valence-corrected chi connectivity index (χ1v) is 13.7. The van der Waals surface area contributed by atoms with Crippen LogP contribution in [0, 0.1) is 0 Å². The summed E-state index contributed by atoms with van der Waals surface area (Å²) < 4.78 is -0.809. The Bertz CT molecular complexity index is 784. The van der Waals surface area contributed by atoms with E-state index in [1.165, 1.54) is 11.8 Å². The van der Waals surface area contributed by atoms with Gasteiger partial charge in [0.25, 0.3) is 0 Å². The third-order valence-corrected chi connectivity index (χ3v) is 8.22. The zero-order valence-electron chi connectivity index (χ0n) is 20.7. The molecule has 2 aliphatic heterocycles. The van der Waals surface area contributed by atoms with Crippen LogP contribution >= 0.6 is 11.8 Å². The van der Waals surface area contributed by atoms with Gasteiger partial charge in [0.05, 0.1) is 12.1 Å². The molecule has 204 valence electrons. The smallest absolute Gasteiger partial charge is 0.315 e. The summed E-state index contributed by atoms with van der Waals surface area (Å²) >= 11 is 1.52. The first-order valence-electron chi connectivity index (χ1n) is 12.8. The number of thioether (sulfide) groups is 1. The fourth-order valence-corrected chi connectivity index (χ4v) is 6.22. The number of carbonyl (C=O) groups excluding carboxylic acids is 4. The minimum Gasteiger partial charge on any atom is -0.481 e. The van der Waals surface area contributed by atoms with Crippen LogP contribution in [-0.2, 0) is 19.2 Å². The zero-order valence-corrected chi connectivity index (χ0v) is 21.6. The molecule has 0 unspecified atom stereocenters. The second-order valence-corrected chi connectivity index (χ2v) is 10.6.